The fraction of sp³-hybridized carbons (Fsp3) is 0.241. The first-order chi connectivity index (χ1) is 17.6. The number of amides is 1. The van der Waals surface area contributed by atoms with Gasteiger partial charge in [0.2, 0.25) is 0 Å². The molecule has 1 amide bonds. The number of carbonyl (C=O) groups excluding carboxylic acids is 2. The van der Waals surface area contributed by atoms with E-state index in [0.717, 1.165) is 5.39 Å². The minimum Gasteiger partial charge on any atom is -0.443 e. The quantitative estimate of drug-likeness (QED) is 0.256. The standard InChI is InChI=1S/C29H27F2N3O3/c1-15-23-22(14-21(30)24(25(23)31)20-10-6-7-17-11-12-32-26(17)20)34-29(3,4)27(15)37-28(36)33-19-9-5-8-18(13-19)16(2)35/h5-15,27,32,34H,1-4H3,(H,33,36)/t15-,27+/m0/s1. The van der Waals surface area contributed by atoms with E-state index < -0.39 is 35.3 Å². The first-order valence-electron chi connectivity index (χ1n) is 12.0. The molecule has 0 fully saturated rings. The van der Waals surface area contributed by atoms with Crippen molar-refractivity contribution in [1.29, 1.82) is 0 Å². The van der Waals surface area contributed by atoms with E-state index in [0.29, 0.717) is 28.0 Å². The summed E-state index contributed by atoms with van der Waals surface area (Å²) in [6, 6.07) is 15.0. The van der Waals surface area contributed by atoms with Gasteiger partial charge in [-0.3, -0.25) is 10.1 Å². The topological polar surface area (TPSA) is 83.2 Å². The van der Waals surface area contributed by atoms with Crippen molar-refractivity contribution in [2.75, 3.05) is 10.6 Å². The lowest BCUT2D eigenvalue weighted by atomic mass is 9.77. The van der Waals surface area contributed by atoms with Gasteiger partial charge >= 0.3 is 6.09 Å². The Morgan fingerprint density at radius 1 is 1.05 bits per heavy atom. The molecule has 37 heavy (non-hydrogen) atoms. The fourth-order valence-corrected chi connectivity index (χ4v) is 5.25. The van der Waals surface area contributed by atoms with Crippen LogP contribution in [0, 0.1) is 11.6 Å². The third-order valence-corrected chi connectivity index (χ3v) is 6.94. The fourth-order valence-electron chi connectivity index (χ4n) is 5.25. The number of halogens is 2. The molecule has 0 saturated heterocycles. The first kappa shape index (κ1) is 24.5. The van der Waals surface area contributed by atoms with Gasteiger partial charge in [0.25, 0.3) is 0 Å². The number of para-hydroxylation sites is 1. The maximum Gasteiger partial charge on any atom is 0.411 e. The van der Waals surface area contributed by atoms with Crippen molar-refractivity contribution in [2.24, 2.45) is 0 Å². The summed E-state index contributed by atoms with van der Waals surface area (Å²) >= 11 is 0. The second kappa shape index (κ2) is 9.03. The van der Waals surface area contributed by atoms with E-state index in [9.17, 15) is 9.59 Å². The number of carbonyl (C=O) groups is 2. The molecular formula is C29H27F2N3O3. The van der Waals surface area contributed by atoms with Crippen LogP contribution in [-0.4, -0.2) is 28.5 Å². The normalized spacial score (nSPS) is 18.1. The third-order valence-electron chi connectivity index (χ3n) is 6.94. The van der Waals surface area contributed by atoms with E-state index in [1.807, 2.05) is 26.0 Å². The summed E-state index contributed by atoms with van der Waals surface area (Å²) in [7, 11) is 0. The number of H-pyrrole nitrogens is 1. The maximum atomic E-state index is 16.1. The molecule has 3 aromatic carbocycles. The van der Waals surface area contributed by atoms with Gasteiger partial charge in [0, 0.05) is 40.2 Å². The van der Waals surface area contributed by atoms with Crippen LogP contribution < -0.4 is 10.6 Å². The van der Waals surface area contributed by atoms with Gasteiger partial charge < -0.3 is 15.0 Å². The Morgan fingerprint density at radius 2 is 1.81 bits per heavy atom. The zero-order chi connectivity index (χ0) is 26.5. The summed E-state index contributed by atoms with van der Waals surface area (Å²) in [4.78, 5) is 27.6. The summed E-state index contributed by atoms with van der Waals surface area (Å²) in [5.74, 6) is -2.11. The van der Waals surface area contributed by atoms with E-state index in [1.165, 1.54) is 13.0 Å². The van der Waals surface area contributed by atoms with E-state index >= 15 is 8.78 Å². The zero-order valence-corrected chi connectivity index (χ0v) is 20.9. The molecule has 2 heterocycles. The number of fused-ring (bicyclic) bond motifs is 2. The molecule has 190 valence electrons. The maximum absolute atomic E-state index is 16.1. The van der Waals surface area contributed by atoms with Crippen molar-refractivity contribution in [3.05, 3.63) is 83.6 Å². The van der Waals surface area contributed by atoms with Crippen LogP contribution in [0.5, 0.6) is 0 Å². The minimum atomic E-state index is -0.829. The number of rotatable bonds is 4. The Morgan fingerprint density at radius 3 is 2.57 bits per heavy atom. The van der Waals surface area contributed by atoms with Gasteiger partial charge in [-0.25, -0.2) is 13.6 Å². The van der Waals surface area contributed by atoms with E-state index in [2.05, 4.69) is 15.6 Å². The predicted octanol–water partition coefficient (Wildman–Crippen LogP) is 7.24. The zero-order valence-electron chi connectivity index (χ0n) is 20.9. The lowest BCUT2D eigenvalue weighted by molar-refractivity contribution is 0.0560. The van der Waals surface area contributed by atoms with Gasteiger partial charge in [0.1, 0.15) is 17.7 Å². The summed E-state index contributed by atoms with van der Waals surface area (Å²) in [6.07, 6.45) is 0.198. The second-order valence-electron chi connectivity index (χ2n) is 9.98. The summed E-state index contributed by atoms with van der Waals surface area (Å²) in [5.41, 5.74) is 1.51. The van der Waals surface area contributed by atoms with Crippen molar-refractivity contribution in [3.8, 4) is 11.1 Å². The minimum absolute atomic E-state index is 0.131. The number of ketones is 1. The lowest BCUT2D eigenvalue weighted by Crippen LogP contribution is -2.52. The number of aromatic amines is 1. The highest BCUT2D eigenvalue weighted by molar-refractivity contribution is 5.96. The molecule has 0 aliphatic carbocycles. The largest absolute Gasteiger partial charge is 0.443 e. The van der Waals surface area contributed by atoms with Gasteiger partial charge in [-0.2, -0.15) is 0 Å². The number of anilines is 2. The van der Waals surface area contributed by atoms with Gasteiger partial charge in [0.15, 0.2) is 5.78 Å². The monoisotopic (exact) mass is 503 g/mol. The Kier molecular flexibility index (Phi) is 5.98. The number of benzene rings is 3. The average Bonchev–Trinajstić information content (AvgIpc) is 3.31. The lowest BCUT2D eigenvalue weighted by Gasteiger charge is -2.44. The molecule has 8 heteroatoms. The summed E-state index contributed by atoms with van der Waals surface area (Å²) in [6.45, 7) is 6.82. The second-order valence-corrected chi connectivity index (χ2v) is 9.98. The molecule has 4 aromatic rings. The molecule has 5 rings (SSSR count). The summed E-state index contributed by atoms with van der Waals surface area (Å²) in [5, 5.41) is 6.65. The molecule has 6 nitrogen and oxygen atoms in total. The Hall–Kier alpha value is -4.20. The Labute approximate surface area is 213 Å². The highest BCUT2D eigenvalue weighted by atomic mass is 19.1. The highest BCUT2D eigenvalue weighted by Crippen LogP contribution is 2.46. The van der Waals surface area contributed by atoms with Gasteiger partial charge in [0.05, 0.1) is 16.6 Å². The number of hydrogen-bond donors (Lipinski definition) is 3. The van der Waals surface area contributed by atoms with E-state index in [-0.39, 0.29) is 16.9 Å². The Bertz CT molecular complexity index is 1540. The van der Waals surface area contributed by atoms with Gasteiger partial charge in [-0.15, -0.1) is 0 Å². The predicted molar refractivity (Wildman–Crippen MR) is 140 cm³/mol. The highest BCUT2D eigenvalue weighted by Gasteiger charge is 2.45. The van der Waals surface area contributed by atoms with Crippen LogP contribution >= 0.6 is 0 Å². The smallest absolute Gasteiger partial charge is 0.411 e. The molecule has 0 saturated carbocycles. The first-order valence-corrected chi connectivity index (χ1v) is 12.0. The molecule has 1 aromatic heterocycles. The SMILES string of the molecule is CC(=O)c1cccc(NC(=O)O[C@@H]2[C@@H](C)c3c(cc(F)c(-c4cccc5cc[nH]c45)c3F)NC2(C)C)c1. The number of Topliss-reactive ketones (excluding diaryl/α,β-unsaturated/α-hetero) is 1. The van der Waals surface area contributed by atoms with Crippen LogP contribution in [-0.2, 0) is 4.74 Å². The molecule has 0 radical (unpaired) electrons. The molecular weight excluding hydrogens is 476 g/mol. The van der Waals surface area contributed by atoms with Crippen LogP contribution in [0.15, 0.2) is 60.8 Å². The molecule has 2 atom stereocenters. The van der Waals surface area contributed by atoms with Gasteiger partial charge in [-0.05, 0) is 50.4 Å². The Balaban J connectivity index is 1.49. The van der Waals surface area contributed by atoms with Crippen LogP contribution in [0.25, 0.3) is 22.0 Å². The summed E-state index contributed by atoms with van der Waals surface area (Å²) < 4.78 is 37.3. The number of hydrogen-bond acceptors (Lipinski definition) is 4. The van der Waals surface area contributed by atoms with Crippen LogP contribution in [0.1, 0.15) is 49.5 Å². The molecule has 1 aliphatic rings. The van der Waals surface area contributed by atoms with Crippen LogP contribution in [0.4, 0.5) is 25.0 Å². The third kappa shape index (κ3) is 4.33. The van der Waals surface area contributed by atoms with E-state index in [4.69, 9.17) is 4.74 Å². The van der Waals surface area contributed by atoms with E-state index in [1.54, 1.807) is 49.5 Å². The molecule has 1 aliphatic heterocycles. The number of aromatic nitrogens is 1. The van der Waals surface area contributed by atoms with Crippen molar-refractivity contribution in [1.82, 2.24) is 4.98 Å². The van der Waals surface area contributed by atoms with Crippen molar-refractivity contribution < 1.29 is 23.1 Å². The molecule has 0 bridgehead atoms. The number of nitrogens with one attached hydrogen (secondary N) is 3. The van der Waals surface area contributed by atoms with Crippen LogP contribution in [0.2, 0.25) is 0 Å². The van der Waals surface area contributed by atoms with Gasteiger partial charge in [-0.1, -0.05) is 37.3 Å². The van der Waals surface area contributed by atoms with Crippen molar-refractivity contribution in [2.45, 2.75) is 45.3 Å². The van der Waals surface area contributed by atoms with Crippen molar-refractivity contribution in [3.63, 3.8) is 0 Å². The molecule has 0 unspecified atom stereocenters. The number of ether oxygens (including phenoxy) is 1. The average molecular weight is 504 g/mol. The molecule has 0 spiro atoms. The van der Waals surface area contributed by atoms with Crippen LogP contribution in [0.3, 0.4) is 0 Å². The van der Waals surface area contributed by atoms with Crippen molar-refractivity contribution >= 4 is 34.2 Å². The molecule has 3 N–H and O–H groups in total.